The summed E-state index contributed by atoms with van der Waals surface area (Å²) in [5, 5.41) is 10.8. The third-order valence-corrected chi connectivity index (χ3v) is 3.76. The summed E-state index contributed by atoms with van der Waals surface area (Å²) in [6.45, 7) is 2.03. The van der Waals surface area contributed by atoms with Crippen LogP contribution >= 0.6 is 0 Å². The first-order valence-electron chi connectivity index (χ1n) is 5.22. The van der Waals surface area contributed by atoms with E-state index < -0.39 is 10.0 Å². The van der Waals surface area contributed by atoms with Crippen LogP contribution in [0.4, 0.5) is 0 Å². The molecule has 1 aromatic carbocycles. The fourth-order valence-electron chi connectivity index (χ4n) is 1.53. The van der Waals surface area contributed by atoms with Gasteiger partial charge in [-0.3, -0.25) is 0 Å². The van der Waals surface area contributed by atoms with Gasteiger partial charge in [0.1, 0.15) is 5.75 Å². The predicted octanol–water partition coefficient (Wildman–Crippen LogP) is -0.0823. The number of hydrazine groups is 1. The molecule has 1 aliphatic rings. The average molecular weight is 258 g/mol. The third-order valence-electron chi connectivity index (χ3n) is 2.39. The molecule has 1 aromatic rings. The van der Waals surface area contributed by atoms with Crippen LogP contribution in [0.5, 0.6) is 5.75 Å². The number of ether oxygens (including phenoxy) is 1. The number of sulfonamides is 1. The standard InChI is InChI=1S/C10H14N2O4S/c13-9-2-1-3-10(8-9)17(14,15)11-12-4-6-16-7-5-12/h1-3,8,11,13H,4-7H2. The van der Waals surface area contributed by atoms with Crippen molar-refractivity contribution in [2.45, 2.75) is 4.90 Å². The van der Waals surface area contributed by atoms with E-state index in [1.807, 2.05) is 0 Å². The zero-order valence-corrected chi connectivity index (χ0v) is 9.98. The molecule has 1 fully saturated rings. The highest BCUT2D eigenvalue weighted by molar-refractivity contribution is 7.89. The Morgan fingerprint density at radius 2 is 2.00 bits per heavy atom. The van der Waals surface area contributed by atoms with Crippen molar-refractivity contribution in [3.05, 3.63) is 24.3 Å². The lowest BCUT2D eigenvalue weighted by Crippen LogP contribution is -2.48. The van der Waals surface area contributed by atoms with Crippen molar-refractivity contribution in [1.82, 2.24) is 9.84 Å². The number of nitrogens with one attached hydrogen (secondary N) is 1. The van der Waals surface area contributed by atoms with Crippen molar-refractivity contribution in [3.63, 3.8) is 0 Å². The molecule has 0 bridgehead atoms. The highest BCUT2D eigenvalue weighted by Crippen LogP contribution is 2.15. The normalized spacial score (nSPS) is 18.1. The summed E-state index contributed by atoms with van der Waals surface area (Å²) < 4.78 is 29.0. The third kappa shape index (κ3) is 3.16. The second-order valence-corrected chi connectivity index (χ2v) is 5.35. The van der Waals surface area contributed by atoms with Gasteiger partial charge in [-0.25, -0.2) is 13.4 Å². The van der Waals surface area contributed by atoms with Crippen LogP contribution in [0.1, 0.15) is 0 Å². The minimum absolute atomic E-state index is 0.0454. The van der Waals surface area contributed by atoms with Gasteiger partial charge in [0.15, 0.2) is 0 Å². The maximum Gasteiger partial charge on any atom is 0.253 e. The molecule has 17 heavy (non-hydrogen) atoms. The van der Waals surface area contributed by atoms with Crippen LogP contribution in [0.25, 0.3) is 0 Å². The summed E-state index contributed by atoms with van der Waals surface area (Å²) in [6.07, 6.45) is 0. The molecule has 94 valence electrons. The first-order chi connectivity index (χ1) is 8.08. The molecule has 1 saturated heterocycles. The van der Waals surface area contributed by atoms with Crippen LogP contribution in [0.3, 0.4) is 0 Å². The molecule has 1 heterocycles. The van der Waals surface area contributed by atoms with Crippen LogP contribution in [0, 0.1) is 0 Å². The van der Waals surface area contributed by atoms with Crippen molar-refractivity contribution < 1.29 is 18.3 Å². The summed E-state index contributed by atoms with van der Waals surface area (Å²) in [4.78, 5) is 2.50. The molecule has 0 aromatic heterocycles. The zero-order valence-electron chi connectivity index (χ0n) is 9.17. The van der Waals surface area contributed by atoms with Crippen molar-refractivity contribution >= 4 is 10.0 Å². The van der Waals surface area contributed by atoms with E-state index >= 15 is 0 Å². The van der Waals surface area contributed by atoms with Crippen LogP contribution in [0.2, 0.25) is 0 Å². The van der Waals surface area contributed by atoms with E-state index in [1.165, 1.54) is 24.3 Å². The van der Waals surface area contributed by atoms with Crippen molar-refractivity contribution in [3.8, 4) is 5.75 Å². The van der Waals surface area contributed by atoms with Crippen molar-refractivity contribution in [2.75, 3.05) is 26.3 Å². The maximum atomic E-state index is 11.9. The molecular weight excluding hydrogens is 244 g/mol. The number of hydrogen-bond donors (Lipinski definition) is 2. The monoisotopic (exact) mass is 258 g/mol. The second kappa shape index (κ2) is 5.01. The second-order valence-electron chi connectivity index (χ2n) is 3.69. The van der Waals surface area contributed by atoms with E-state index in [0.29, 0.717) is 26.3 Å². The topological polar surface area (TPSA) is 78.9 Å². The number of morpholine rings is 1. The Labute approximate surface area is 99.8 Å². The smallest absolute Gasteiger partial charge is 0.253 e. The Balaban J connectivity index is 2.13. The number of hydrogen-bond acceptors (Lipinski definition) is 5. The lowest BCUT2D eigenvalue weighted by atomic mass is 10.3. The van der Waals surface area contributed by atoms with Gasteiger partial charge in [0.25, 0.3) is 10.0 Å². The van der Waals surface area contributed by atoms with Crippen molar-refractivity contribution in [1.29, 1.82) is 0 Å². The Morgan fingerprint density at radius 3 is 2.65 bits per heavy atom. The quantitative estimate of drug-likeness (QED) is 0.792. The molecule has 2 rings (SSSR count). The molecule has 0 atom stereocenters. The number of phenols is 1. The van der Waals surface area contributed by atoms with Crippen LogP contribution in [0.15, 0.2) is 29.2 Å². The van der Waals surface area contributed by atoms with Gasteiger partial charge >= 0.3 is 0 Å². The molecular formula is C10H14N2O4S. The summed E-state index contributed by atoms with van der Waals surface area (Å²) >= 11 is 0. The molecule has 7 heteroatoms. The van der Waals surface area contributed by atoms with Crippen LogP contribution < -0.4 is 4.83 Å². The average Bonchev–Trinajstić information content (AvgIpc) is 2.30. The Kier molecular flexibility index (Phi) is 3.63. The molecule has 0 spiro atoms. The first kappa shape index (κ1) is 12.3. The van der Waals surface area contributed by atoms with Gasteiger partial charge in [-0.15, -0.1) is 4.83 Å². The van der Waals surface area contributed by atoms with E-state index in [4.69, 9.17) is 4.74 Å². The van der Waals surface area contributed by atoms with Crippen LogP contribution in [-0.4, -0.2) is 44.8 Å². The van der Waals surface area contributed by atoms with Gasteiger partial charge in [0, 0.05) is 13.1 Å². The van der Waals surface area contributed by atoms with Gasteiger partial charge in [0.05, 0.1) is 18.1 Å². The lowest BCUT2D eigenvalue weighted by Gasteiger charge is -2.26. The number of benzene rings is 1. The minimum Gasteiger partial charge on any atom is -0.508 e. The van der Waals surface area contributed by atoms with Gasteiger partial charge in [-0.1, -0.05) is 6.07 Å². The molecule has 1 aliphatic heterocycles. The highest BCUT2D eigenvalue weighted by Gasteiger charge is 2.20. The molecule has 2 N–H and O–H groups in total. The van der Waals surface area contributed by atoms with E-state index in [2.05, 4.69) is 4.83 Å². The fraction of sp³-hybridized carbons (Fsp3) is 0.400. The largest absolute Gasteiger partial charge is 0.508 e. The summed E-state index contributed by atoms with van der Waals surface area (Å²) in [7, 11) is -3.62. The summed E-state index contributed by atoms with van der Waals surface area (Å²) in [5.74, 6) is -0.0742. The SMILES string of the molecule is O=S(=O)(NN1CCOCC1)c1cccc(O)c1. The predicted molar refractivity (Wildman–Crippen MR) is 60.8 cm³/mol. The maximum absolute atomic E-state index is 11.9. The molecule has 0 radical (unpaired) electrons. The van der Waals surface area contributed by atoms with Crippen LogP contribution in [-0.2, 0) is 14.8 Å². The molecule has 0 aliphatic carbocycles. The number of nitrogens with zero attached hydrogens (tertiary/aromatic N) is 1. The number of rotatable bonds is 3. The number of aromatic hydroxyl groups is 1. The van der Waals surface area contributed by atoms with E-state index in [0.717, 1.165) is 0 Å². The van der Waals surface area contributed by atoms with E-state index in [9.17, 15) is 13.5 Å². The van der Waals surface area contributed by atoms with Gasteiger partial charge in [-0.05, 0) is 18.2 Å². The Morgan fingerprint density at radius 1 is 1.29 bits per heavy atom. The van der Waals surface area contributed by atoms with Crippen molar-refractivity contribution in [2.24, 2.45) is 0 Å². The molecule has 0 unspecified atom stereocenters. The molecule has 0 amide bonds. The minimum atomic E-state index is -3.62. The first-order valence-corrected chi connectivity index (χ1v) is 6.70. The zero-order chi connectivity index (χ0) is 12.3. The van der Waals surface area contributed by atoms with Gasteiger partial charge in [-0.2, -0.15) is 0 Å². The van der Waals surface area contributed by atoms with E-state index in [1.54, 1.807) is 5.01 Å². The van der Waals surface area contributed by atoms with Gasteiger partial charge in [0.2, 0.25) is 0 Å². The Bertz CT molecular complexity index is 483. The fourth-order valence-corrected chi connectivity index (χ4v) is 2.69. The summed E-state index contributed by atoms with van der Waals surface area (Å²) in [5.41, 5.74) is 0. The Hall–Kier alpha value is -1.15. The van der Waals surface area contributed by atoms with Gasteiger partial charge < -0.3 is 9.84 Å². The molecule has 0 saturated carbocycles. The summed E-state index contributed by atoms with van der Waals surface area (Å²) in [6, 6.07) is 5.56. The van der Waals surface area contributed by atoms with E-state index in [-0.39, 0.29) is 10.6 Å². The lowest BCUT2D eigenvalue weighted by molar-refractivity contribution is 0.0272. The molecule has 6 nitrogen and oxygen atoms in total. The highest BCUT2D eigenvalue weighted by atomic mass is 32.2. The number of phenolic OH excluding ortho intramolecular Hbond substituents is 1.